The third-order valence-electron chi connectivity index (χ3n) is 5.63. The average molecular weight is 339 g/mol. The second-order valence-corrected chi connectivity index (χ2v) is 9.26. The summed E-state index contributed by atoms with van der Waals surface area (Å²) in [4.78, 5) is 13.9. The molecule has 0 N–H and O–H groups in total. The first-order valence-corrected chi connectivity index (χ1v) is 9.03. The van der Waals surface area contributed by atoms with E-state index >= 15 is 0 Å². The molecule has 0 spiro atoms. The van der Waals surface area contributed by atoms with Gasteiger partial charge in [-0.25, -0.2) is 0 Å². The quantitative estimate of drug-likeness (QED) is 0.687. The maximum Gasteiger partial charge on any atom is 0.176 e. The molecule has 0 amide bonds. The number of hydrogen-bond acceptors (Lipinski definition) is 2. The van der Waals surface area contributed by atoms with Gasteiger partial charge in [0.2, 0.25) is 0 Å². The van der Waals surface area contributed by atoms with Gasteiger partial charge in [-0.05, 0) is 90.3 Å². The van der Waals surface area contributed by atoms with Crippen LogP contribution in [0.5, 0.6) is 0 Å². The lowest BCUT2D eigenvalue weighted by Crippen LogP contribution is -2.47. The molecule has 0 unspecified atom stereocenters. The Morgan fingerprint density at radius 1 is 1.16 bits per heavy atom. The molecule has 1 aromatic heterocycles. The molecule has 19 heavy (non-hydrogen) atoms. The zero-order valence-electron chi connectivity index (χ0n) is 11.2. The van der Waals surface area contributed by atoms with Gasteiger partial charge in [-0.2, -0.15) is 0 Å². The van der Waals surface area contributed by atoms with Crippen molar-refractivity contribution in [1.82, 2.24) is 0 Å². The lowest BCUT2D eigenvalue weighted by molar-refractivity contribution is -0.0249. The van der Waals surface area contributed by atoms with Crippen molar-refractivity contribution in [2.24, 2.45) is 29.6 Å². The number of carbonyl (C=O) groups is 1. The van der Waals surface area contributed by atoms with Crippen molar-refractivity contribution in [3.8, 4) is 0 Å². The average Bonchev–Trinajstić information content (AvgIpc) is 2.68. The van der Waals surface area contributed by atoms with Gasteiger partial charge in [-0.15, -0.1) is 11.3 Å². The Bertz CT molecular complexity index is 485. The summed E-state index contributed by atoms with van der Waals surface area (Å²) in [6.45, 7) is 2.08. The van der Waals surface area contributed by atoms with Crippen molar-refractivity contribution in [3.05, 3.63) is 20.3 Å². The van der Waals surface area contributed by atoms with E-state index in [-0.39, 0.29) is 0 Å². The number of thiophene rings is 1. The minimum atomic E-state index is 0.345. The third-order valence-corrected chi connectivity index (χ3v) is 7.78. The number of aryl methyl sites for hydroxylation is 1. The van der Waals surface area contributed by atoms with Crippen LogP contribution in [0.1, 0.15) is 47.3 Å². The van der Waals surface area contributed by atoms with E-state index in [4.69, 9.17) is 0 Å². The highest BCUT2D eigenvalue weighted by Crippen LogP contribution is 2.57. The van der Waals surface area contributed by atoms with Crippen LogP contribution in [0.4, 0.5) is 0 Å². The fourth-order valence-corrected chi connectivity index (χ4v) is 6.62. The smallest absolute Gasteiger partial charge is 0.176 e. The van der Waals surface area contributed by atoms with E-state index in [0.29, 0.717) is 23.5 Å². The van der Waals surface area contributed by atoms with Crippen molar-refractivity contribution in [3.63, 3.8) is 0 Å². The fourth-order valence-electron chi connectivity index (χ4n) is 5.10. The first kappa shape index (κ1) is 12.6. The molecule has 0 aliphatic heterocycles. The molecule has 102 valence electrons. The Balaban J connectivity index is 1.63. The number of halogens is 1. The number of Topliss-reactive ketones (excluding diaryl/α,β-unsaturated/α-hetero) is 1. The van der Waals surface area contributed by atoms with E-state index in [1.807, 2.05) is 0 Å². The molecule has 4 fully saturated rings. The van der Waals surface area contributed by atoms with Gasteiger partial charge < -0.3 is 0 Å². The summed E-state index contributed by atoms with van der Waals surface area (Å²) in [6.07, 6.45) is 6.77. The number of ketones is 1. The predicted octanol–water partition coefficient (Wildman–Crippen LogP) is 5.07. The summed E-state index contributed by atoms with van der Waals surface area (Å²) < 4.78 is 1.12. The maximum absolute atomic E-state index is 12.9. The molecule has 1 nitrogen and oxygen atoms in total. The zero-order chi connectivity index (χ0) is 13.1. The maximum atomic E-state index is 12.9. The van der Waals surface area contributed by atoms with Gasteiger partial charge in [-0.1, -0.05) is 0 Å². The van der Waals surface area contributed by atoms with Gasteiger partial charge in [0.25, 0.3) is 0 Å². The highest BCUT2D eigenvalue weighted by molar-refractivity contribution is 9.11. The van der Waals surface area contributed by atoms with Gasteiger partial charge >= 0.3 is 0 Å². The molecule has 4 saturated carbocycles. The standard InChI is InChI=1S/C16H19BrOS/c1-8-2-13(19-16(8)17)15(18)14-11-4-9-3-10(6-11)7-12(14)5-9/h2,9-12,14H,3-7H2,1H3. The predicted molar refractivity (Wildman–Crippen MR) is 81.6 cm³/mol. The molecule has 0 aromatic carbocycles. The van der Waals surface area contributed by atoms with Crippen LogP contribution in [-0.4, -0.2) is 5.78 Å². The summed E-state index contributed by atoms with van der Waals surface area (Å²) >= 11 is 5.19. The van der Waals surface area contributed by atoms with Crippen LogP contribution in [0.3, 0.4) is 0 Å². The number of hydrogen-bond donors (Lipinski definition) is 0. The van der Waals surface area contributed by atoms with Crippen LogP contribution in [0.2, 0.25) is 0 Å². The van der Waals surface area contributed by atoms with E-state index in [0.717, 1.165) is 20.5 Å². The molecular formula is C16H19BrOS. The van der Waals surface area contributed by atoms with Crippen molar-refractivity contribution < 1.29 is 4.79 Å². The van der Waals surface area contributed by atoms with E-state index in [2.05, 4.69) is 28.9 Å². The first-order chi connectivity index (χ1) is 9.11. The zero-order valence-corrected chi connectivity index (χ0v) is 13.6. The van der Waals surface area contributed by atoms with Gasteiger partial charge in [0.1, 0.15) is 0 Å². The van der Waals surface area contributed by atoms with Crippen LogP contribution in [0.15, 0.2) is 9.85 Å². The van der Waals surface area contributed by atoms with Crippen LogP contribution in [0.25, 0.3) is 0 Å². The third kappa shape index (κ3) is 1.96. The summed E-state index contributed by atoms with van der Waals surface area (Å²) in [5.41, 5.74) is 1.21. The molecule has 3 heteroatoms. The first-order valence-electron chi connectivity index (χ1n) is 7.42. The lowest BCUT2D eigenvalue weighted by atomic mass is 9.51. The summed E-state index contributed by atoms with van der Waals surface area (Å²) in [7, 11) is 0. The molecule has 0 saturated heterocycles. The second-order valence-electron chi connectivity index (χ2n) is 6.89. The van der Waals surface area contributed by atoms with Crippen molar-refractivity contribution in [1.29, 1.82) is 0 Å². The van der Waals surface area contributed by atoms with Gasteiger partial charge in [0.15, 0.2) is 5.78 Å². The van der Waals surface area contributed by atoms with Gasteiger partial charge in [0.05, 0.1) is 8.66 Å². The molecule has 4 bridgehead atoms. The van der Waals surface area contributed by atoms with Gasteiger partial charge in [0, 0.05) is 5.92 Å². The van der Waals surface area contributed by atoms with E-state index < -0.39 is 0 Å². The SMILES string of the molecule is Cc1cc(C(=O)C2C3CC4CC(C3)CC2C4)sc1Br. The Morgan fingerprint density at radius 2 is 1.74 bits per heavy atom. The Morgan fingerprint density at radius 3 is 2.21 bits per heavy atom. The fraction of sp³-hybridized carbons (Fsp3) is 0.688. The highest BCUT2D eigenvalue weighted by Gasteiger charge is 2.50. The van der Waals surface area contributed by atoms with E-state index in [9.17, 15) is 4.79 Å². The van der Waals surface area contributed by atoms with Crippen LogP contribution < -0.4 is 0 Å². The lowest BCUT2D eigenvalue weighted by Gasteiger charge is -2.53. The molecule has 1 aromatic rings. The summed E-state index contributed by atoms with van der Waals surface area (Å²) in [5, 5.41) is 0. The van der Waals surface area contributed by atoms with Crippen molar-refractivity contribution in [2.75, 3.05) is 0 Å². The summed E-state index contributed by atoms with van der Waals surface area (Å²) in [6, 6.07) is 2.09. The van der Waals surface area contributed by atoms with Crippen molar-refractivity contribution in [2.45, 2.75) is 39.0 Å². The number of rotatable bonds is 2. The number of carbonyl (C=O) groups excluding carboxylic acids is 1. The molecule has 1 heterocycles. The largest absolute Gasteiger partial charge is 0.293 e. The Hall–Kier alpha value is -0.150. The molecular weight excluding hydrogens is 320 g/mol. The molecule has 4 aliphatic rings. The molecule has 0 atom stereocenters. The highest BCUT2D eigenvalue weighted by atomic mass is 79.9. The van der Waals surface area contributed by atoms with E-state index in [1.54, 1.807) is 11.3 Å². The van der Waals surface area contributed by atoms with Crippen molar-refractivity contribution >= 4 is 33.0 Å². The van der Waals surface area contributed by atoms with E-state index in [1.165, 1.54) is 37.7 Å². The van der Waals surface area contributed by atoms with Crippen LogP contribution >= 0.6 is 27.3 Å². The normalized spacial score (nSPS) is 39.8. The Labute approximate surface area is 126 Å². The molecule has 5 rings (SSSR count). The molecule has 0 radical (unpaired) electrons. The topological polar surface area (TPSA) is 17.1 Å². The monoisotopic (exact) mass is 338 g/mol. The second kappa shape index (κ2) is 4.42. The Kier molecular flexibility index (Phi) is 2.93. The minimum Gasteiger partial charge on any atom is -0.293 e. The van der Waals surface area contributed by atoms with Crippen LogP contribution in [-0.2, 0) is 0 Å². The van der Waals surface area contributed by atoms with Crippen LogP contribution in [0, 0.1) is 36.5 Å². The molecule has 4 aliphatic carbocycles. The minimum absolute atomic E-state index is 0.345. The van der Waals surface area contributed by atoms with Gasteiger partial charge in [-0.3, -0.25) is 4.79 Å². The summed E-state index contributed by atoms with van der Waals surface area (Å²) in [5.74, 6) is 4.09.